The van der Waals surface area contributed by atoms with Crippen molar-refractivity contribution >= 4 is 26.7 Å². The number of carbonyl (C=O) groups excluding carboxylic acids is 1. The van der Waals surface area contributed by atoms with Crippen molar-refractivity contribution in [1.29, 1.82) is 0 Å². The van der Waals surface area contributed by atoms with E-state index in [1.54, 1.807) is 12.1 Å². The average molecular weight is 443 g/mol. The molecule has 0 spiro atoms. The van der Waals surface area contributed by atoms with E-state index in [-0.39, 0.29) is 42.4 Å². The maximum absolute atomic E-state index is 13.3. The van der Waals surface area contributed by atoms with Gasteiger partial charge in [-0.15, -0.1) is 0 Å². The van der Waals surface area contributed by atoms with Crippen molar-refractivity contribution < 1.29 is 18.3 Å². The van der Waals surface area contributed by atoms with Crippen LogP contribution in [-0.2, 0) is 23.0 Å². The van der Waals surface area contributed by atoms with Crippen LogP contribution in [0.15, 0.2) is 58.2 Å². The molecule has 3 rings (SSSR count). The number of Topliss-reactive ketones (excluding diaryl/α,β-unsaturated/α-hetero) is 1. The highest BCUT2D eigenvalue weighted by Gasteiger charge is 2.26. The predicted molar refractivity (Wildman–Crippen MR) is 120 cm³/mol. The van der Waals surface area contributed by atoms with Crippen molar-refractivity contribution in [2.75, 3.05) is 13.2 Å². The van der Waals surface area contributed by atoms with Gasteiger partial charge in [-0.05, 0) is 61.0 Å². The number of hydrogen-bond acceptors (Lipinski definition) is 5. The molecule has 1 aromatic heterocycles. The Morgan fingerprint density at radius 2 is 1.90 bits per heavy atom. The van der Waals surface area contributed by atoms with Gasteiger partial charge in [-0.2, -0.15) is 4.31 Å². The molecule has 8 heteroatoms. The summed E-state index contributed by atoms with van der Waals surface area (Å²) < 4.78 is 27.8. The maximum atomic E-state index is 13.3. The Balaban J connectivity index is 2.03. The van der Waals surface area contributed by atoms with E-state index in [0.29, 0.717) is 16.6 Å². The maximum Gasteiger partial charge on any atom is 0.252 e. The summed E-state index contributed by atoms with van der Waals surface area (Å²) in [6.45, 7) is 3.11. The van der Waals surface area contributed by atoms with Gasteiger partial charge < -0.3 is 10.1 Å². The van der Waals surface area contributed by atoms with Gasteiger partial charge >= 0.3 is 0 Å². The van der Waals surface area contributed by atoms with Crippen molar-refractivity contribution in [3.8, 4) is 0 Å². The summed E-state index contributed by atoms with van der Waals surface area (Å²) in [5, 5.41) is 10.1. The predicted octanol–water partition coefficient (Wildman–Crippen LogP) is 2.87. The van der Waals surface area contributed by atoms with Gasteiger partial charge in [0, 0.05) is 36.3 Å². The molecule has 0 unspecified atom stereocenters. The van der Waals surface area contributed by atoms with Crippen LogP contribution in [0.2, 0.25) is 0 Å². The Labute approximate surface area is 181 Å². The van der Waals surface area contributed by atoms with E-state index in [4.69, 9.17) is 0 Å². The molecule has 7 nitrogen and oxygen atoms in total. The Kier molecular flexibility index (Phi) is 7.04. The molecule has 0 amide bonds. The molecule has 0 fully saturated rings. The molecular formula is C23H26N2O5S. The van der Waals surface area contributed by atoms with Crippen molar-refractivity contribution in [3.63, 3.8) is 0 Å². The third kappa shape index (κ3) is 5.10. The van der Waals surface area contributed by atoms with Gasteiger partial charge in [-0.25, -0.2) is 8.42 Å². The van der Waals surface area contributed by atoms with E-state index in [1.165, 1.54) is 29.4 Å². The lowest BCUT2D eigenvalue weighted by Crippen LogP contribution is -2.34. The number of ketones is 1. The second kappa shape index (κ2) is 9.55. The van der Waals surface area contributed by atoms with E-state index in [0.717, 1.165) is 17.4 Å². The quantitative estimate of drug-likeness (QED) is 0.496. The zero-order valence-electron chi connectivity index (χ0n) is 17.6. The third-order valence-electron chi connectivity index (χ3n) is 5.18. The standard InChI is InChI=1S/C23H26N2O5S/c1-3-17-8-9-22-19(12-17)13-20(23(28)24-22)15-25(10-5-11-26)31(29,30)21-7-4-6-18(14-21)16(2)27/h4,6-9,12-14,26H,3,5,10-11,15H2,1-2H3,(H,24,28). The van der Waals surface area contributed by atoms with Crippen molar-refractivity contribution in [1.82, 2.24) is 9.29 Å². The second-order valence-corrected chi connectivity index (χ2v) is 9.34. The topological polar surface area (TPSA) is 108 Å². The Morgan fingerprint density at radius 1 is 1.13 bits per heavy atom. The molecule has 2 N–H and O–H groups in total. The van der Waals surface area contributed by atoms with Crippen LogP contribution in [0.4, 0.5) is 0 Å². The van der Waals surface area contributed by atoms with Gasteiger partial charge in [0.1, 0.15) is 0 Å². The molecule has 1 heterocycles. The fourth-order valence-electron chi connectivity index (χ4n) is 3.38. The number of aromatic amines is 1. The van der Waals surface area contributed by atoms with Gasteiger partial charge in [0.15, 0.2) is 5.78 Å². The first-order chi connectivity index (χ1) is 14.8. The van der Waals surface area contributed by atoms with Gasteiger partial charge in [0.2, 0.25) is 10.0 Å². The van der Waals surface area contributed by atoms with Crippen LogP contribution in [0, 0.1) is 0 Å². The minimum atomic E-state index is -3.99. The Morgan fingerprint density at radius 3 is 2.58 bits per heavy atom. The number of pyridine rings is 1. The average Bonchev–Trinajstić information content (AvgIpc) is 2.76. The lowest BCUT2D eigenvalue weighted by Gasteiger charge is -2.22. The van der Waals surface area contributed by atoms with Crippen LogP contribution < -0.4 is 5.56 Å². The minimum absolute atomic E-state index is 0.0244. The summed E-state index contributed by atoms with van der Waals surface area (Å²) >= 11 is 0. The number of hydrogen-bond donors (Lipinski definition) is 2. The van der Waals surface area contributed by atoms with Crippen LogP contribution >= 0.6 is 0 Å². The van der Waals surface area contributed by atoms with Gasteiger partial charge in [-0.3, -0.25) is 9.59 Å². The number of fused-ring (bicyclic) bond motifs is 1. The number of benzene rings is 2. The number of nitrogens with one attached hydrogen (secondary N) is 1. The highest BCUT2D eigenvalue weighted by Crippen LogP contribution is 2.21. The minimum Gasteiger partial charge on any atom is -0.396 e. The van der Waals surface area contributed by atoms with Gasteiger partial charge in [0.25, 0.3) is 5.56 Å². The smallest absolute Gasteiger partial charge is 0.252 e. The van der Waals surface area contributed by atoms with E-state index in [9.17, 15) is 23.1 Å². The van der Waals surface area contributed by atoms with E-state index in [2.05, 4.69) is 4.98 Å². The Bertz CT molecular complexity index is 1260. The molecule has 2 aromatic carbocycles. The SMILES string of the molecule is CCc1ccc2[nH]c(=O)c(CN(CCCO)S(=O)(=O)c3cccc(C(C)=O)c3)cc2c1. The Hall–Kier alpha value is -2.81. The first kappa shape index (κ1) is 22.9. The van der Waals surface area contributed by atoms with Crippen molar-refractivity contribution in [2.24, 2.45) is 0 Å². The highest BCUT2D eigenvalue weighted by atomic mass is 32.2. The van der Waals surface area contributed by atoms with Crippen molar-refractivity contribution in [2.45, 2.75) is 38.1 Å². The lowest BCUT2D eigenvalue weighted by molar-refractivity contribution is 0.101. The van der Waals surface area contributed by atoms with Crippen LogP contribution in [0.25, 0.3) is 10.9 Å². The number of aliphatic hydroxyl groups is 1. The molecule has 3 aromatic rings. The molecule has 0 bridgehead atoms. The van der Waals surface area contributed by atoms with Crippen molar-refractivity contribution in [3.05, 3.63) is 75.6 Å². The number of aromatic nitrogens is 1. The molecule has 0 radical (unpaired) electrons. The summed E-state index contributed by atoms with van der Waals surface area (Å²) in [5.41, 5.74) is 2.03. The van der Waals surface area contributed by atoms with Crippen LogP contribution in [0.3, 0.4) is 0 Å². The molecular weight excluding hydrogens is 416 g/mol. The van der Waals surface area contributed by atoms with Gasteiger partial charge in [0.05, 0.1) is 4.90 Å². The number of sulfonamides is 1. The summed E-state index contributed by atoms with van der Waals surface area (Å²) in [7, 11) is -3.99. The molecule has 0 saturated heterocycles. The van der Waals surface area contributed by atoms with E-state index >= 15 is 0 Å². The first-order valence-corrected chi connectivity index (χ1v) is 11.6. The molecule has 0 aliphatic heterocycles. The lowest BCUT2D eigenvalue weighted by atomic mass is 10.1. The van der Waals surface area contributed by atoms with E-state index in [1.807, 2.05) is 25.1 Å². The molecule has 31 heavy (non-hydrogen) atoms. The van der Waals surface area contributed by atoms with E-state index < -0.39 is 10.0 Å². The number of nitrogens with zero attached hydrogens (tertiary/aromatic N) is 1. The zero-order valence-corrected chi connectivity index (χ0v) is 18.4. The molecule has 0 aliphatic rings. The van der Waals surface area contributed by atoms with Crippen LogP contribution in [-0.4, -0.2) is 41.7 Å². The number of rotatable bonds is 9. The molecule has 0 atom stereocenters. The number of carbonyl (C=O) groups is 1. The van der Waals surface area contributed by atoms with Crippen LogP contribution in [0.1, 0.15) is 41.8 Å². The molecule has 0 saturated carbocycles. The second-order valence-electron chi connectivity index (χ2n) is 7.40. The first-order valence-electron chi connectivity index (χ1n) is 10.1. The molecule has 164 valence electrons. The summed E-state index contributed by atoms with van der Waals surface area (Å²) in [6, 6.07) is 13.3. The van der Waals surface area contributed by atoms with Gasteiger partial charge in [-0.1, -0.05) is 25.1 Å². The summed E-state index contributed by atoms with van der Waals surface area (Å²) in [6.07, 6.45) is 1.06. The number of aryl methyl sites for hydroxylation is 1. The fourth-order valence-corrected chi connectivity index (χ4v) is 4.89. The number of aliphatic hydroxyl groups excluding tert-OH is 1. The number of H-pyrrole nitrogens is 1. The summed E-state index contributed by atoms with van der Waals surface area (Å²) in [4.78, 5) is 27.1. The molecule has 0 aliphatic carbocycles. The largest absolute Gasteiger partial charge is 0.396 e. The third-order valence-corrected chi connectivity index (χ3v) is 7.03. The zero-order chi connectivity index (χ0) is 22.6. The fraction of sp³-hybridized carbons (Fsp3) is 0.304. The monoisotopic (exact) mass is 442 g/mol. The van der Waals surface area contributed by atoms with Crippen LogP contribution in [0.5, 0.6) is 0 Å². The normalized spacial score (nSPS) is 11.9. The highest BCUT2D eigenvalue weighted by molar-refractivity contribution is 7.89. The summed E-state index contributed by atoms with van der Waals surface area (Å²) in [5.74, 6) is -0.239.